The first-order chi connectivity index (χ1) is 6.20. The molecule has 1 aromatic rings. The van der Waals surface area contributed by atoms with Crippen LogP contribution in [0.4, 0.5) is 0 Å². The van der Waals surface area contributed by atoms with E-state index in [1.54, 1.807) is 6.07 Å². The zero-order valence-electron chi connectivity index (χ0n) is 7.63. The molecule has 1 aromatic heterocycles. The third-order valence-corrected chi connectivity index (χ3v) is 2.55. The fourth-order valence-electron chi connectivity index (χ4n) is 1.90. The summed E-state index contributed by atoms with van der Waals surface area (Å²) in [6, 6.07) is 1.78. The molecular formula is C10H12N2O. The van der Waals surface area contributed by atoms with Gasteiger partial charge in [-0.1, -0.05) is 0 Å². The maximum absolute atomic E-state index is 11.4. The van der Waals surface area contributed by atoms with Gasteiger partial charge in [0.15, 0.2) is 6.20 Å². The predicted molar refractivity (Wildman–Crippen MR) is 49.9 cm³/mol. The zero-order chi connectivity index (χ0) is 9.42. The Balaban J connectivity index is 2.67. The highest BCUT2D eigenvalue weighted by molar-refractivity contribution is 6.00. The monoisotopic (exact) mass is 176 g/mol. The number of hydrogen-bond donors (Lipinski definition) is 1. The summed E-state index contributed by atoms with van der Waals surface area (Å²) >= 11 is 0. The Kier molecular flexibility index (Phi) is 1.79. The minimum Gasteiger partial charge on any atom is -0.618 e. The van der Waals surface area contributed by atoms with Crippen LogP contribution in [0.5, 0.6) is 0 Å². The minimum atomic E-state index is 0.615. The van der Waals surface area contributed by atoms with Crippen molar-refractivity contribution in [1.29, 1.82) is 5.41 Å². The zero-order valence-corrected chi connectivity index (χ0v) is 7.63. The van der Waals surface area contributed by atoms with Crippen LogP contribution in [-0.2, 0) is 6.42 Å². The summed E-state index contributed by atoms with van der Waals surface area (Å²) in [4.78, 5) is 0. The maximum Gasteiger partial charge on any atom is 0.202 e. The van der Waals surface area contributed by atoms with Crippen LogP contribution in [0.2, 0.25) is 0 Å². The van der Waals surface area contributed by atoms with Gasteiger partial charge in [-0.2, -0.15) is 4.73 Å². The third-order valence-electron chi connectivity index (χ3n) is 2.55. The first kappa shape index (κ1) is 8.23. The fraction of sp³-hybridized carbons (Fsp3) is 0.400. The van der Waals surface area contributed by atoms with Gasteiger partial charge < -0.3 is 10.6 Å². The standard InChI is InChI=1S/C10H12N2O/c1-7-5-6-12(13)9-4-2-3-8(11)10(7)9/h5-6,11H,2-4H2,1H3. The predicted octanol–water partition coefficient (Wildman–Crippen LogP) is 1.33. The lowest BCUT2D eigenvalue weighted by molar-refractivity contribution is -0.614. The average Bonchev–Trinajstić information content (AvgIpc) is 2.12. The van der Waals surface area contributed by atoms with E-state index >= 15 is 0 Å². The molecule has 1 heterocycles. The molecule has 0 bridgehead atoms. The Bertz CT molecular complexity index is 371. The van der Waals surface area contributed by atoms with Gasteiger partial charge in [-0.15, -0.1) is 0 Å². The summed E-state index contributed by atoms with van der Waals surface area (Å²) in [5, 5.41) is 19.1. The normalized spacial score (nSPS) is 15.6. The molecule has 0 aromatic carbocycles. The summed E-state index contributed by atoms with van der Waals surface area (Å²) in [7, 11) is 0. The van der Waals surface area contributed by atoms with E-state index in [0.717, 1.165) is 40.8 Å². The van der Waals surface area contributed by atoms with Crippen molar-refractivity contribution < 1.29 is 4.73 Å². The summed E-state index contributed by atoms with van der Waals surface area (Å²) in [5.41, 5.74) is 3.32. The number of aryl methyl sites for hydroxylation is 1. The highest BCUT2D eigenvalue weighted by atomic mass is 16.5. The third kappa shape index (κ3) is 1.20. The SMILES string of the molecule is Cc1cc[n+]([O-])c2c1C(=N)CCC2. The van der Waals surface area contributed by atoms with Gasteiger partial charge in [0.1, 0.15) is 0 Å². The van der Waals surface area contributed by atoms with Crippen molar-refractivity contribution in [3.63, 3.8) is 0 Å². The van der Waals surface area contributed by atoms with Crippen LogP contribution in [-0.4, -0.2) is 5.71 Å². The van der Waals surface area contributed by atoms with Crippen LogP contribution in [0.1, 0.15) is 29.7 Å². The molecule has 68 valence electrons. The molecule has 1 N–H and O–H groups in total. The summed E-state index contributed by atoms with van der Waals surface area (Å²) in [6.45, 7) is 1.96. The van der Waals surface area contributed by atoms with E-state index in [2.05, 4.69) is 0 Å². The molecule has 0 saturated carbocycles. The first-order valence-corrected chi connectivity index (χ1v) is 4.49. The number of pyridine rings is 1. The molecule has 0 radical (unpaired) electrons. The number of hydrogen-bond acceptors (Lipinski definition) is 2. The lowest BCUT2D eigenvalue weighted by Crippen LogP contribution is -2.36. The Morgan fingerprint density at radius 3 is 2.92 bits per heavy atom. The van der Waals surface area contributed by atoms with Gasteiger partial charge in [0, 0.05) is 18.2 Å². The van der Waals surface area contributed by atoms with Crippen LogP contribution < -0.4 is 4.73 Å². The molecule has 0 spiro atoms. The molecule has 3 heteroatoms. The fourth-order valence-corrected chi connectivity index (χ4v) is 1.90. The van der Waals surface area contributed by atoms with Crippen molar-refractivity contribution in [2.45, 2.75) is 26.2 Å². The van der Waals surface area contributed by atoms with Gasteiger partial charge in [-0.05, 0) is 25.3 Å². The van der Waals surface area contributed by atoms with Gasteiger partial charge in [-0.3, -0.25) is 0 Å². The average molecular weight is 176 g/mol. The molecular weight excluding hydrogens is 164 g/mol. The Morgan fingerprint density at radius 2 is 2.23 bits per heavy atom. The summed E-state index contributed by atoms with van der Waals surface area (Å²) in [5.74, 6) is 0. The molecule has 13 heavy (non-hydrogen) atoms. The molecule has 2 rings (SSSR count). The van der Waals surface area contributed by atoms with Crippen LogP contribution in [0.3, 0.4) is 0 Å². The van der Waals surface area contributed by atoms with Gasteiger partial charge in [0.25, 0.3) is 0 Å². The van der Waals surface area contributed by atoms with E-state index in [0.29, 0.717) is 5.71 Å². The number of aromatic nitrogens is 1. The molecule has 0 unspecified atom stereocenters. The molecule has 1 aliphatic carbocycles. The molecule has 0 fully saturated rings. The van der Waals surface area contributed by atoms with E-state index in [-0.39, 0.29) is 0 Å². The summed E-state index contributed by atoms with van der Waals surface area (Å²) in [6.07, 6.45) is 4.07. The Labute approximate surface area is 77.1 Å². The molecule has 3 nitrogen and oxygen atoms in total. The van der Waals surface area contributed by atoms with E-state index in [4.69, 9.17) is 5.41 Å². The second-order valence-electron chi connectivity index (χ2n) is 3.48. The van der Waals surface area contributed by atoms with E-state index in [9.17, 15) is 5.21 Å². The molecule has 0 amide bonds. The van der Waals surface area contributed by atoms with Crippen LogP contribution >= 0.6 is 0 Å². The van der Waals surface area contributed by atoms with E-state index in [1.165, 1.54) is 6.20 Å². The number of nitrogens with zero attached hydrogens (tertiary/aromatic N) is 1. The second kappa shape index (κ2) is 2.83. The van der Waals surface area contributed by atoms with Crippen molar-refractivity contribution in [2.75, 3.05) is 0 Å². The van der Waals surface area contributed by atoms with Gasteiger partial charge >= 0.3 is 0 Å². The lowest BCUT2D eigenvalue weighted by Gasteiger charge is -2.17. The van der Waals surface area contributed by atoms with Crippen molar-refractivity contribution in [1.82, 2.24) is 0 Å². The highest BCUT2D eigenvalue weighted by Gasteiger charge is 2.22. The van der Waals surface area contributed by atoms with E-state index in [1.807, 2.05) is 6.92 Å². The number of rotatable bonds is 0. The lowest BCUT2D eigenvalue weighted by atomic mass is 9.91. The maximum atomic E-state index is 11.4. The van der Waals surface area contributed by atoms with Gasteiger partial charge in [0.05, 0.1) is 5.56 Å². The number of nitrogens with one attached hydrogen (secondary N) is 1. The second-order valence-corrected chi connectivity index (χ2v) is 3.48. The van der Waals surface area contributed by atoms with Crippen LogP contribution in [0.15, 0.2) is 12.3 Å². The minimum absolute atomic E-state index is 0.615. The smallest absolute Gasteiger partial charge is 0.202 e. The largest absolute Gasteiger partial charge is 0.618 e. The van der Waals surface area contributed by atoms with Crippen molar-refractivity contribution in [3.05, 3.63) is 34.3 Å². The number of fused-ring (bicyclic) bond motifs is 1. The Hall–Kier alpha value is -1.38. The molecule has 1 aliphatic rings. The van der Waals surface area contributed by atoms with Gasteiger partial charge in [-0.25, -0.2) is 0 Å². The Morgan fingerprint density at radius 1 is 1.46 bits per heavy atom. The molecule has 0 saturated heterocycles. The van der Waals surface area contributed by atoms with Crippen molar-refractivity contribution in [2.24, 2.45) is 0 Å². The van der Waals surface area contributed by atoms with Crippen molar-refractivity contribution >= 4 is 5.71 Å². The van der Waals surface area contributed by atoms with Crippen LogP contribution in [0, 0.1) is 17.5 Å². The molecule has 0 atom stereocenters. The molecule has 0 aliphatic heterocycles. The quantitative estimate of drug-likeness (QED) is 0.470. The van der Waals surface area contributed by atoms with E-state index < -0.39 is 0 Å². The van der Waals surface area contributed by atoms with Crippen LogP contribution in [0.25, 0.3) is 0 Å². The van der Waals surface area contributed by atoms with Crippen molar-refractivity contribution in [3.8, 4) is 0 Å². The topological polar surface area (TPSA) is 50.8 Å². The van der Waals surface area contributed by atoms with Gasteiger partial charge in [0.2, 0.25) is 5.69 Å². The first-order valence-electron chi connectivity index (χ1n) is 4.49. The highest BCUT2D eigenvalue weighted by Crippen LogP contribution is 2.20. The summed E-state index contributed by atoms with van der Waals surface area (Å²) < 4.78 is 0.899.